The van der Waals surface area contributed by atoms with Gasteiger partial charge >= 0.3 is 0 Å². The van der Waals surface area contributed by atoms with Crippen molar-refractivity contribution in [2.75, 3.05) is 5.73 Å². The predicted molar refractivity (Wildman–Crippen MR) is 106 cm³/mol. The normalized spacial score (nSPS) is 10.9. The summed E-state index contributed by atoms with van der Waals surface area (Å²) >= 11 is 7.28. The minimum atomic E-state index is -0.290. The first-order valence-corrected chi connectivity index (χ1v) is 9.15. The summed E-state index contributed by atoms with van der Waals surface area (Å²) in [6, 6.07) is 14.9. The Hall–Kier alpha value is -2.97. The zero-order valence-electron chi connectivity index (χ0n) is 14.1. The van der Waals surface area contributed by atoms with Crippen molar-refractivity contribution in [3.63, 3.8) is 0 Å². The van der Waals surface area contributed by atoms with Crippen LogP contribution in [0.5, 0.6) is 5.75 Å². The molecule has 0 saturated carbocycles. The summed E-state index contributed by atoms with van der Waals surface area (Å²) in [5.41, 5.74) is 9.65. The molecule has 0 aliphatic heterocycles. The van der Waals surface area contributed by atoms with Crippen molar-refractivity contribution in [3.05, 3.63) is 69.7 Å². The van der Waals surface area contributed by atoms with Crippen LogP contribution in [-0.4, -0.2) is 22.3 Å². The van der Waals surface area contributed by atoms with Crippen molar-refractivity contribution in [3.8, 4) is 5.75 Å². The second-order valence-corrected chi connectivity index (χ2v) is 6.95. The lowest BCUT2D eigenvalue weighted by molar-refractivity contribution is -0.120. The molecule has 138 valence electrons. The number of halogens is 1. The van der Waals surface area contributed by atoms with E-state index in [1.165, 1.54) is 11.3 Å². The summed E-state index contributed by atoms with van der Waals surface area (Å²) in [6.45, 7) is 0.388. The molecule has 1 heterocycles. The Balaban J connectivity index is 1.47. The lowest BCUT2D eigenvalue weighted by atomic mass is 10.2. The maximum absolute atomic E-state index is 11.8. The molecule has 0 aliphatic rings. The van der Waals surface area contributed by atoms with Crippen molar-refractivity contribution in [1.29, 1.82) is 0 Å². The number of aromatic nitrogens is 2. The Bertz CT molecular complexity index is 943. The van der Waals surface area contributed by atoms with Gasteiger partial charge in [-0.1, -0.05) is 41.1 Å². The van der Waals surface area contributed by atoms with E-state index in [9.17, 15) is 4.79 Å². The first-order valence-electron chi connectivity index (χ1n) is 7.96. The van der Waals surface area contributed by atoms with E-state index < -0.39 is 0 Å². The number of carbonyl (C=O) groups excluding carboxylic acids is 1. The number of nitrogens with zero attached hydrogens (tertiary/aromatic N) is 3. The van der Waals surface area contributed by atoms with E-state index in [2.05, 4.69) is 20.7 Å². The van der Waals surface area contributed by atoms with E-state index >= 15 is 0 Å². The molecule has 0 unspecified atom stereocenters. The van der Waals surface area contributed by atoms with Crippen molar-refractivity contribution in [2.45, 2.75) is 13.0 Å². The Morgan fingerprint density at radius 2 is 2.00 bits per heavy atom. The quantitative estimate of drug-likeness (QED) is 0.468. The molecule has 3 aromatic rings. The van der Waals surface area contributed by atoms with Crippen LogP contribution in [0.2, 0.25) is 5.02 Å². The lowest BCUT2D eigenvalue weighted by Crippen LogP contribution is -2.19. The number of amides is 1. The van der Waals surface area contributed by atoms with Gasteiger partial charge in [0, 0.05) is 10.6 Å². The van der Waals surface area contributed by atoms with Crippen LogP contribution in [0.3, 0.4) is 0 Å². The number of carbonyl (C=O) groups is 1. The molecule has 0 radical (unpaired) electrons. The van der Waals surface area contributed by atoms with Crippen molar-refractivity contribution in [1.82, 2.24) is 15.6 Å². The number of benzene rings is 2. The number of nitrogens with one attached hydrogen (secondary N) is 1. The van der Waals surface area contributed by atoms with Gasteiger partial charge in [-0.15, -0.1) is 10.2 Å². The number of hydrogen-bond donors (Lipinski definition) is 2. The third-order valence-corrected chi connectivity index (χ3v) is 4.55. The average molecular weight is 402 g/mol. The van der Waals surface area contributed by atoms with Gasteiger partial charge < -0.3 is 10.5 Å². The standard InChI is InChI=1S/C18H16ClN5O2S/c19-15-4-2-1-3-13(15)11-26-14-7-5-12(6-8-14)10-21-22-16(25)9-17-23-24-18(20)27-17/h1-8,10H,9,11H2,(H2,20,24)(H,22,25)/b21-10-. The SMILES string of the molecule is Nc1nnc(CC(=O)N/N=C\c2ccc(OCc3ccccc3Cl)cc2)s1. The number of ether oxygens (including phenoxy) is 1. The fraction of sp³-hybridized carbons (Fsp3) is 0.111. The van der Waals surface area contributed by atoms with E-state index in [-0.39, 0.29) is 12.3 Å². The second-order valence-electron chi connectivity index (χ2n) is 5.45. The monoisotopic (exact) mass is 401 g/mol. The van der Waals surface area contributed by atoms with Gasteiger partial charge in [0.05, 0.1) is 12.6 Å². The van der Waals surface area contributed by atoms with Crippen molar-refractivity contribution >= 4 is 40.2 Å². The molecule has 3 N–H and O–H groups in total. The largest absolute Gasteiger partial charge is 0.489 e. The fourth-order valence-corrected chi connectivity index (χ4v) is 2.92. The van der Waals surface area contributed by atoms with Crippen LogP contribution in [0.15, 0.2) is 53.6 Å². The zero-order valence-corrected chi connectivity index (χ0v) is 15.7. The van der Waals surface area contributed by atoms with E-state index in [0.29, 0.717) is 27.5 Å². The summed E-state index contributed by atoms with van der Waals surface area (Å²) < 4.78 is 5.72. The Kier molecular flexibility index (Phi) is 6.35. The average Bonchev–Trinajstić information content (AvgIpc) is 3.07. The summed E-state index contributed by atoms with van der Waals surface area (Å²) in [4.78, 5) is 11.8. The molecular weight excluding hydrogens is 386 g/mol. The second kappa shape index (κ2) is 9.11. The fourth-order valence-electron chi connectivity index (χ4n) is 2.12. The van der Waals surface area contributed by atoms with E-state index in [4.69, 9.17) is 22.1 Å². The van der Waals surface area contributed by atoms with Crippen LogP contribution in [0.1, 0.15) is 16.1 Å². The van der Waals surface area contributed by atoms with Crippen LogP contribution in [0, 0.1) is 0 Å². The van der Waals surface area contributed by atoms with E-state index in [1.807, 2.05) is 48.5 Å². The topological polar surface area (TPSA) is 102 Å². The summed E-state index contributed by atoms with van der Waals surface area (Å²) in [5, 5.41) is 12.9. The third kappa shape index (κ3) is 5.77. The molecule has 0 saturated heterocycles. The zero-order chi connectivity index (χ0) is 19.1. The molecular formula is C18H16ClN5O2S. The molecule has 27 heavy (non-hydrogen) atoms. The number of hydrogen-bond acceptors (Lipinski definition) is 7. The molecule has 0 atom stereocenters. The molecule has 3 rings (SSSR count). The Morgan fingerprint density at radius 1 is 1.22 bits per heavy atom. The molecule has 0 spiro atoms. The van der Waals surface area contributed by atoms with Crippen LogP contribution in [0.25, 0.3) is 0 Å². The highest BCUT2D eigenvalue weighted by atomic mass is 35.5. The van der Waals surface area contributed by atoms with Gasteiger partial charge in [-0.3, -0.25) is 4.79 Å². The maximum atomic E-state index is 11.8. The molecule has 9 heteroatoms. The van der Waals surface area contributed by atoms with Crippen LogP contribution >= 0.6 is 22.9 Å². The third-order valence-electron chi connectivity index (χ3n) is 3.43. The number of nitrogen functional groups attached to an aromatic ring is 1. The predicted octanol–water partition coefficient (Wildman–Crippen LogP) is 3.05. The molecule has 1 amide bonds. The molecule has 0 fully saturated rings. The van der Waals surface area contributed by atoms with Crippen molar-refractivity contribution in [2.24, 2.45) is 5.10 Å². The van der Waals surface area contributed by atoms with Gasteiger partial charge in [-0.05, 0) is 35.9 Å². The minimum Gasteiger partial charge on any atom is -0.489 e. The summed E-state index contributed by atoms with van der Waals surface area (Å²) in [5.74, 6) is 0.423. The van der Waals surface area contributed by atoms with E-state index in [1.54, 1.807) is 6.21 Å². The summed E-state index contributed by atoms with van der Waals surface area (Å²) in [7, 11) is 0. The molecule has 0 aliphatic carbocycles. The van der Waals surface area contributed by atoms with Gasteiger partial charge in [-0.2, -0.15) is 5.10 Å². The summed E-state index contributed by atoms with van der Waals surface area (Å²) in [6.07, 6.45) is 1.63. The van der Waals surface area contributed by atoms with Gasteiger partial charge in [-0.25, -0.2) is 5.43 Å². The lowest BCUT2D eigenvalue weighted by Gasteiger charge is -2.07. The first kappa shape index (κ1) is 18.8. The number of rotatable bonds is 7. The smallest absolute Gasteiger partial charge is 0.247 e. The Morgan fingerprint density at radius 3 is 2.70 bits per heavy atom. The minimum absolute atomic E-state index is 0.0844. The van der Waals surface area contributed by atoms with Gasteiger partial charge in [0.2, 0.25) is 11.0 Å². The first-order chi connectivity index (χ1) is 13.1. The van der Waals surface area contributed by atoms with E-state index in [0.717, 1.165) is 11.1 Å². The maximum Gasteiger partial charge on any atom is 0.247 e. The molecule has 2 aromatic carbocycles. The van der Waals surface area contributed by atoms with Gasteiger partial charge in [0.1, 0.15) is 17.4 Å². The van der Waals surface area contributed by atoms with Crippen molar-refractivity contribution < 1.29 is 9.53 Å². The van der Waals surface area contributed by atoms with Gasteiger partial charge in [0.15, 0.2) is 0 Å². The highest BCUT2D eigenvalue weighted by Gasteiger charge is 2.07. The molecule has 1 aromatic heterocycles. The number of anilines is 1. The van der Waals surface area contributed by atoms with Gasteiger partial charge in [0.25, 0.3) is 0 Å². The van der Waals surface area contributed by atoms with Crippen LogP contribution < -0.4 is 15.9 Å². The molecule has 0 bridgehead atoms. The number of hydrazone groups is 1. The van der Waals surface area contributed by atoms with Crippen LogP contribution in [0.4, 0.5) is 5.13 Å². The highest BCUT2D eigenvalue weighted by Crippen LogP contribution is 2.18. The highest BCUT2D eigenvalue weighted by molar-refractivity contribution is 7.15. The number of nitrogens with two attached hydrogens (primary N) is 1. The molecule has 7 nitrogen and oxygen atoms in total. The van der Waals surface area contributed by atoms with Crippen LogP contribution in [-0.2, 0) is 17.8 Å². The Labute approximate surface area is 164 Å².